The minimum absolute atomic E-state index is 0.0590. The van der Waals surface area contributed by atoms with E-state index >= 15 is 0 Å². The van der Waals surface area contributed by atoms with Gasteiger partial charge in [0.1, 0.15) is 18.8 Å². The molecule has 1 aliphatic heterocycles. The number of hydrogen-bond acceptors (Lipinski definition) is 11. The Bertz CT molecular complexity index is 1500. The summed E-state index contributed by atoms with van der Waals surface area (Å²) in [6.45, 7) is 5.83. The van der Waals surface area contributed by atoms with Crippen LogP contribution in [0.15, 0.2) is 60.8 Å². The van der Waals surface area contributed by atoms with Crippen LogP contribution >= 0.6 is 0 Å². The number of allylic oxidation sites excluding steroid dienone is 10. The number of aliphatic carboxylic acids is 1. The van der Waals surface area contributed by atoms with Gasteiger partial charge in [-0.25, -0.2) is 4.79 Å². The molecule has 1 fully saturated rings. The Hall–Kier alpha value is -3.58. The number of hydrogen-bond donors (Lipinski definition) is 3. The molecule has 1 saturated heterocycles. The van der Waals surface area contributed by atoms with E-state index in [0.29, 0.717) is 19.3 Å². The molecule has 420 valence electrons. The van der Waals surface area contributed by atoms with Crippen molar-refractivity contribution in [2.45, 2.75) is 289 Å². The second-order valence-electron chi connectivity index (χ2n) is 19.9. The van der Waals surface area contributed by atoms with Crippen LogP contribution in [0.5, 0.6) is 0 Å². The number of aliphatic hydroxyl groups excluding tert-OH is 2. The number of aliphatic hydroxyl groups is 2. The van der Waals surface area contributed by atoms with Crippen molar-refractivity contribution in [2.24, 2.45) is 0 Å². The van der Waals surface area contributed by atoms with Crippen LogP contribution in [0.25, 0.3) is 0 Å². The highest BCUT2D eigenvalue weighted by Crippen LogP contribution is 2.26. The lowest BCUT2D eigenvalue weighted by Crippen LogP contribution is -2.61. The van der Waals surface area contributed by atoms with Gasteiger partial charge >= 0.3 is 23.9 Å². The maximum absolute atomic E-state index is 13.1. The summed E-state index contributed by atoms with van der Waals surface area (Å²) in [5.74, 6) is -3.14. The number of esters is 3. The summed E-state index contributed by atoms with van der Waals surface area (Å²) in [6.07, 6.45) is 47.8. The average Bonchev–Trinajstić information content (AvgIpc) is 3.37. The molecule has 1 aliphatic rings. The molecule has 3 N–H and O–H groups in total. The molecule has 6 unspecified atom stereocenters. The van der Waals surface area contributed by atoms with E-state index in [2.05, 4.69) is 81.5 Å². The first-order valence-corrected chi connectivity index (χ1v) is 29.3. The van der Waals surface area contributed by atoms with E-state index in [9.17, 15) is 34.5 Å². The van der Waals surface area contributed by atoms with E-state index in [1.54, 1.807) is 0 Å². The van der Waals surface area contributed by atoms with E-state index < -0.39 is 67.3 Å². The van der Waals surface area contributed by atoms with E-state index in [0.717, 1.165) is 128 Å². The third kappa shape index (κ3) is 39.5. The van der Waals surface area contributed by atoms with Crippen LogP contribution in [0, 0.1) is 0 Å². The zero-order valence-corrected chi connectivity index (χ0v) is 46.1. The maximum Gasteiger partial charge on any atom is 0.335 e. The number of carbonyl (C=O) groups is 4. The van der Waals surface area contributed by atoms with Crippen molar-refractivity contribution in [3.8, 4) is 0 Å². The van der Waals surface area contributed by atoms with Crippen molar-refractivity contribution in [3.63, 3.8) is 0 Å². The Labute approximate surface area is 443 Å². The minimum Gasteiger partial charge on any atom is -0.479 e. The summed E-state index contributed by atoms with van der Waals surface area (Å²) in [7, 11) is 0. The predicted molar refractivity (Wildman–Crippen MR) is 294 cm³/mol. The first-order chi connectivity index (χ1) is 35.6. The molecule has 0 aromatic heterocycles. The SMILES string of the molecule is CC/C=C\C/C=C\C/C=C\C/C=C\CCCCCCCCC(=O)OCC(COC1OC(C(=O)O)C(O)C(O)C1OC(=O)CCCCCCCCCCC)OC(=O)CCCCCCC/C=C\CCCCCCCC. The molecule has 0 radical (unpaired) electrons. The monoisotopic (exact) mass is 1030 g/mol. The first kappa shape index (κ1) is 67.4. The number of carboxylic acids is 1. The Morgan fingerprint density at radius 2 is 0.863 bits per heavy atom. The molecule has 0 aromatic carbocycles. The lowest BCUT2D eigenvalue weighted by molar-refractivity contribution is -0.301. The molecule has 12 heteroatoms. The summed E-state index contributed by atoms with van der Waals surface area (Å²) in [5.41, 5.74) is 0. The minimum atomic E-state index is -1.90. The van der Waals surface area contributed by atoms with E-state index in [-0.39, 0.29) is 25.9 Å². The molecular weight excluding hydrogens is 925 g/mol. The number of carbonyl (C=O) groups excluding carboxylic acids is 3. The van der Waals surface area contributed by atoms with Crippen molar-refractivity contribution in [1.29, 1.82) is 0 Å². The Morgan fingerprint density at radius 3 is 1.33 bits per heavy atom. The number of ether oxygens (including phenoxy) is 5. The van der Waals surface area contributed by atoms with Crippen LogP contribution in [0.2, 0.25) is 0 Å². The third-order valence-electron chi connectivity index (χ3n) is 13.1. The highest BCUT2D eigenvalue weighted by Gasteiger charge is 2.50. The fourth-order valence-electron chi connectivity index (χ4n) is 8.59. The zero-order chi connectivity index (χ0) is 53.3. The van der Waals surface area contributed by atoms with E-state index in [4.69, 9.17) is 23.7 Å². The maximum atomic E-state index is 13.1. The van der Waals surface area contributed by atoms with Crippen LogP contribution in [-0.4, -0.2) is 89.2 Å². The van der Waals surface area contributed by atoms with Crippen LogP contribution in [0.3, 0.4) is 0 Å². The largest absolute Gasteiger partial charge is 0.479 e. The van der Waals surface area contributed by atoms with Gasteiger partial charge < -0.3 is 39.0 Å². The van der Waals surface area contributed by atoms with Crippen LogP contribution in [-0.2, 0) is 42.9 Å². The summed E-state index contributed by atoms with van der Waals surface area (Å²) in [5, 5.41) is 31.4. The van der Waals surface area contributed by atoms with Gasteiger partial charge in [0, 0.05) is 19.3 Å². The fraction of sp³-hybridized carbons (Fsp3) is 0.770. The van der Waals surface area contributed by atoms with Crippen LogP contribution in [0.4, 0.5) is 0 Å². The molecule has 0 spiro atoms. The molecule has 6 atom stereocenters. The lowest BCUT2D eigenvalue weighted by atomic mass is 9.98. The smallest absolute Gasteiger partial charge is 0.335 e. The number of rotatable bonds is 49. The van der Waals surface area contributed by atoms with E-state index in [1.807, 2.05) is 0 Å². The normalized spacial score (nSPS) is 18.7. The topological polar surface area (TPSA) is 175 Å². The number of carboxylic acid groups (broad SMARTS) is 1. The predicted octanol–water partition coefficient (Wildman–Crippen LogP) is 14.8. The van der Waals surface area contributed by atoms with Gasteiger partial charge in [-0.1, -0.05) is 210 Å². The van der Waals surface area contributed by atoms with Crippen molar-refractivity contribution >= 4 is 23.9 Å². The fourth-order valence-corrected chi connectivity index (χ4v) is 8.59. The standard InChI is InChI=1S/C61H104O12/c1-4-7-10-13-16-19-21-23-25-26-27-28-30-31-33-36-38-41-44-47-53(62)69-50-52(71-54(63)48-45-42-40-37-34-32-29-24-22-20-17-14-11-8-5-2)51-70-61-59(57(66)56(65)58(73-61)60(67)68)72-55(64)49-46-43-39-35-18-15-12-9-6-3/h7,10,16,19,23-25,27-29,52,56-59,61,65-66H,4-6,8-9,11-15,17-18,20-22,26,30-51H2,1-3H3,(H,67,68)/b10-7-,19-16-,25-23-,28-27-,29-24-. The summed E-state index contributed by atoms with van der Waals surface area (Å²) in [4.78, 5) is 51.0. The second-order valence-corrected chi connectivity index (χ2v) is 19.9. The highest BCUT2D eigenvalue weighted by atomic mass is 16.7. The van der Waals surface area contributed by atoms with Gasteiger partial charge in [0.05, 0.1) is 6.61 Å². The molecule has 0 aliphatic carbocycles. The van der Waals surface area contributed by atoms with Gasteiger partial charge in [-0.15, -0.1) is 0 Å². The highest BCUT2D eigenvalue weighted by molar-refractivity contribution is 5.74. The molecule has 1 heterocycles. The molecule has 1 rings (SSSR count). The van der Waals surface area contributed by atoms with Crippen molar-refractivity contribution in [2.75, 3.05) is 13.2 Å². The molecule has 0 saturated carbocycles. The molecule has 0 aromatic rings. The van der Waals surface area contributed by atoms with Gasteiger partial charge in [-0.2, -0.15) is 0 Å². The van der Waals surface area contributed by atoms with Gasteiger partial charge in [-0.05, 0) is 83.5 Å². The van der Waals surface area contributed by atoms with Gasteiger partial charge in [0.15, 0.2) is 24.6 Å². The van der Waals surface area contributed by atoms with Gasteiger partial charge in [-0.3, -0.25) is 14.4 Å². The molecule has 12 nitrogen and oxygen atoms in total. The van der Waals surface area contributed by atoms with Crippen molar-refractivity contribution < 1.29 is 58.2 Å². The Balaban J connectivity index is 2.68. The van der Waals surface area contributed by atoms with E-state index in [1.165, 1.54) is 64.2 Å². The van der Waals surface area contributed by atoms with Crippen LogP contribution < -0.4 is 0 Å². The van der Waals surface area contributed by atoms with Crippen LogP contribution in [0.1, 0.15) is 252 Å². The molecule has 0 bridgehead atoms. The summed E-state index contributed by atoms with van der Waals surface area (Å²) >= 11 is 0. The lowest BCUT2D eigenvalue weighted by Gasteiger charge is -2.40. The Morgan fingerprint density at radius 1 is 0.466 bits per heavy atom. The molecular formula is C61H104O12. The quantitative estimate of drug-likeness (QED) is 0.0228. The van der Waals surface area contributed by atoms with Gasteiger partial charge in [0.2, 0.25) is 0 Å². The number of unbranched alkanes of at least 4 members (excludes halogenated alkanes) is 25. The Kier molecular flexibility index (Phi) is 45.5. The average molecular weight is 1030 g/mol. The van der Waals surface area contributed by atoms with Gasteiger partial charge in [0.25, 0.3) is 0 Å². The molecule has 0 amide bonds. The summed E-state index contributed by atoms with van der Waals surface area (Å²) in [6, 6.07) is 0. The first-order valence-electron chi connectivity index (χ1n) is 29.3. The van der Waals surface area contributed by atoms with Crippen molar-refractivity contribution in [3.05, 3.63) is 60.8 Å². The zero-order valence-electron chi connectivity index (χ0n) is 46.1. The second kappa shape index (κ2) is 49.3. The van der Waals surface area contributed by atoms with Crippen molar-refractivity contribution in [1.82, 2.24) is 0 Å². The third-order valence-corrected chi connectivity index (χ3v) is 13.1. The summed E-state index contributed by atoms with van der Waals surface area (Å²) < 4.78 is 28.4. The molecule has 73 heavy (non-hydrogen) atoms.